The van der Waals surface area contributed by atoms with Crippen LogP contribution in [0.5, 0.6) is 0 Å². The maximum Gasteiger partial charge on any atom is 0.130 e. The molecule has 16 heavy (non-hydrogen) atoms. The van der Waals surface area contributed by atoms with E-state index < -0.39 is 17.0 Å². The van der Waals surface area contributed by atoms with Crippen LogP contribution in [-0.2, 0) is 6.42 Å². The smallest absolute Gasteiger partial charge is 0.130 e. The quantitative estimate of drug-likeness (QED) is 0.709. The molecule has 0 aliphatic carbocycles. The van der Waals surface area contributed by atoms with Crippen molar-refractivity contribution in [1.82, 2.24) is 0 Å². The first-order valence-corrected chi connectivity index (χ1v) is 6.15. The van der Waals surface area contributed by atoms with E-state index in [1.807, 2.05) is 16.8 Å². The molecule has 0 fully saturated rings. The first-order chi connectivity index (χ1) is 7.66. The summed E-state index contributed by atoms with van der Waals surface area (Å²) < 4.78 is 26.1. The number of alkyl halides is 1. The molecule has 0 N–H and O–H groups in total. The standard InChI is InChI=1S/C12H9ClF2S/c13-11(5-8-3-4-16-7-8)10-2-1-9(14)6-12(10)15/h1-4,6-7,11H,5H2. The Morgan fingerprint density at radius 2 is 2.06 bits per heavy atom. The SMILES string of the molecule is Fc1ccc(C(Cl)Cc2ccsc2)c(F)c1. The third-order valence-corrected chi connectivity index (χ3v) is 3.42. The van der Waals surface area contributed by atoms with Gasteiger partial charge in [-0.3, -0.25) is 0 Å². The Bertz CT molecular complexity index is 468. The molecule has 0 spiro atoms. The van der Waals surface area contributed by atoms with Gasteiger partial charge in [-0.05, 0) is 34.9 Å². The van der Waals surface area contributed by atoms with Crippen molar-refractivity contribution in [2.75, 3.05) is 0 Å². The average Bonchev–Trinajstić information content (AvgIpc) is 2.70. The molecule has 2 aromatic rings. The lowest BCUT2D eigenvalue weighted by molar-refractivity contribution is 0.570. The van der Waals surface area contributed by atoms with Crippen LogP contribution in [0.4, 0.5) is 8.78 Å². The topological polar surface area (TPSA) is 0 Å². The molecule has 1 atom stereocenters. The zero-order chi connectivity index (χ0) is 11.5. The predicted molar refractivity (Wildman–Crippen MR) is 63.0 cm³/mol. The van der Waals surface area contributed by atoms with Gasteiger partial charge in [0.15, 0.2) is 0 Å². The third kappa shape index (κ3) is 2.60. The van der Waals surface area contributed by atoms with Crippen molar-refractivity contribution in [3.05, 3.63) is 57.8 Å². The minimum Gasteiger partial charge on any atom is -0.207 e. The first kappa shape index (κ1) is 11.6. The number of hydrogen-bond acceptors (Lipinski definition) is 1. The predicted octanol–water partition coefficient (Wildman–Crippen LogP) is 4.55. The maximum absolute atomic E-state index is 13.4. The van der Waals surface area contributed by atoms with E-state index in [9.17, 15) is 8.78 Å². The Balaban J connectivity index is 2.17. The third-order valence-electron chi connectivity index (χ3n) is 2.29. The van der Waals surface area contributed by atoms with Crippen molar-refractivity contribution >= 4 is 22.9 Å². The normalized spacial score (nSPS) is 12.7. The van der Waals surface area contributed by atoms with Gasteiger partial charge in [-0.25, -0.2) is 8.78 Å². The van der Waals surface area contributed by atoms with Gasteiger partial charge < -0.3 is 0 Å². The van der Waals surface area contributed by atoms with E-state index in [0.29, 0.717) is 12.0 Å². The van der Waals surface area contributed by atoms with Gasteiger partial charge in [-0.15, -0.1) is 11.6 Å². The number of benzene rings is 1. The van der Waals surface area contributed by atoms with E-state index in [-0.39, 0.29) is 0 Å². The summed E-state index contributed by atoms with van der Waals surface area (Å²) in [6.07, 6.45) is 0.549. The fraction of sp³-hybridized carbons (Fsp3) is 0.167. The Morgan fingerprint density at radius 3 is 2.69 bits per heavy atom. The van der Waals surface area contributed by atoms with Crippen molar-refractivity contribution in [2.45, 2.75) is 11.8 Å². The molecule has 0 amide bonds. The summed E-state index contributed by atoms with van der Waals surface area (Å²) in [5.41, 5.74) is 1.41. The second kappa shape index (κ2) is 4.93. The average molecular weight is 259 g/mol. The van der Waals surface area contributed by atoms with Crippen LogP contribution >= 0.6 is 22.9 Å². The summed E-state index contributed by atoms with van der Waals surface area (Å²) in [5, 5.41) is 3.45. The highest BCUT2D eigenvalue weighted by Gasteiger charge is 2.14. The molecule has 4 heteroatoms. The number of halogens is 3. The molecule has 0 saturated carbocycles. The van der Waals surface area contributed by atoms with Crippen molar-refractivity contribution in [3.63, 3.8) is 0 Å². The lowest BCUT2D eigenvalue weighted by Crippen LogP contribution is -1.98. The number of hydrogen-bond donors (Lipinski definition) is 0. The second-order valence-corrected chi connectivity index (χ2v) is 4.78. The lowest BCUT2D eigenvalue weighted by Gasteiger charge is -2.09. The van der Waals surface area contributed by atoms with Crippen LogP contribution in [0, 0.1) is 11.6 Å². The number of rotatable bonds is 3. The van der Waals surface area contributed by atoms with Crippen molar-refractivity contribution in [1.29, 1.82) is 0 Å². The fourth-order valence-electron chi connectivity index (χ4n) is 1.48. The van der Waals surface area contributed by atoms with Gasteiger partial charge in [0, 0.05) is 11.6 Å². The largest absolute Gasteiger partial charge is 0.207 e. The molecule has 0 aliphatic rings. The van der Waals surface area contributed by atoms with E-state index in [1.165, 1.54) is 12.1 Å². The molecule has 1 unspecified atom stereocenters. The lowest BCUT2D eigenvalue weighted by atomic mass is 10.1. The summed E-state index contributed by atoms with van der Waals surface area (Å²) in [6, 6.07) is 5.43. The Kier molecular flexibility index (Phi) is 3.56. The second-order valence-electron chi connectivity index (χ2n) is 3.47. The Morgan fingerprint density at radius 1 is 1.25 bits per heavy atom. The van der Waals surface area contributed by atoms with Gasteiger partial charge in [-0.1, -0.05) is 6.07 Å². The minimum atomic E-state index is -0.588. The van der Waals surface area contributed by atoms with Crippen LogP contribution in [0.2, 0.25) is 0 Å². The summed E-state index contributed by atoms with van der Waals surface area (Å²) in [7, 11) is 0. The van der Waals surface area contributed by atoms with E-state index in [4.69, 9.17) is 11.6 Å². The number of thiophene rings is 1. The molecule has 0 saturated heterocycles. The zero-order valence-corrected chi connectivity index (χ0v) is 9.86. The maximum atomic E-state index is 13.4. The highest BCUT2D eigenvalue weighted by atomic mass is 35.5. The van der Waals surface area contributed by atoms with Crippen LogP contribution in [0.25, 0.3) is 0 Å². The highest BCUT2D eigenvalue weighted by Crippen LogP contribution is 2.28. The van der Waals surface area contributed by atoms with Gasteiger partial charge in [0.1, 0.15) is 11.6 Å². The molecule has 1 aromatic heterocycles. The van der Waals surface area contributed by atoms with Crippen molar-refractivity contribution < 1.29 is 8.78 Å². The van der Waals surface area contributed by atoms with Gasteiger partial charge in [0.05, 0.1) is 5.38 Å². The summed E-state index contributed by atoms with van der Waals surface area (Å²) in [6.45, 7) is 0. The molecule has 1 aromatic carbocycles. The fourth-order valence-corrected chi connectivity index (χ4v) is 2.52. The molecular formula is C12H9ClF2S. The van der Waals surface area contributed by atoms with Gasteiger partial charge >= 0.3 is 0 Å². The van der Waals surface area contributed by atoms with Crippen LogP contribution in [0.3, 0.4) is 0 Å². The van der Waals surface area contributed by atoms with Crippen LogP contribution in [0.15, 0.2) is 35.0 Å². The molecule has 0 nitrogen and oxygen atoms in total. The molecule has 2 rings (SSSR count). The van der Waals surface area contributed by atoms with E-state index in [1.54, 1.807) is 11.3 Å². The van der Waals surface area contributed by atoms with Crippen LogP contribution in [-0.4, -0.2) is 0 Å². The van der Waals surface area contributed by atoms with E-state index >= 15 is 0 Å². The monoisotopic (exact) mass is 258 g/mol. The van der Waals surface area contributed by atoms with Crippen molar-refractivity contribution in [3.8, 4) is 0 Å². The van der Waals surface area contributed by atoms with Gasteiger partial charge in [0.2, 0.25) is 0 Å². The minimum absolute atomic E-state index is 0.342. The molecule has 0 bridgehead atoms. The van der Waals surface area contributed by atoms with Crippen molar-refractivity contribution in [2.24, 2.45) is 0 Å². The molecule has 0 radical (unpaired) electrons. The first-order valence-electron chi connectivity index (χ1n) is 4.77. The molecule has 0 aliphatic heterocycles. The molecular weight excluding hydrogens is 250 g/mol. The Hall–Kier alpha value is -0.930. The van der Waals surface area contributed by atoms with Gasteiger partial charge in [0.25, 0.3) is 0 Å². The summed E-state index contributed by atoms with van der Waals surface area (Å²) >= 11 is 7.67. The Labute approximate surface area is 101 Å². The summed E-state index contributed by atoms with van der Waals surface area (Å²) in [4.78, 5) is 0. The summed E-state index contributed by atoms with van der Waals surface area (Å²) in [5.74, 6) is -1.17. The molecule has 1 heterocycles. The zero-order valence-electron chi connectivity index (χ0n) is 8.29. The van der Waals surface area contributed by atoms with E-state index in [0.717, 1.165) is 11.6 Å². The van der Waals surface area contributed by atoms with Crippen LogP contribution < -0.4 is 0 Å². The van der Waals surface area contributed by atoms with Crippen LogP contribution in [0.1, 0.15) is 16.5 Å². The molecule has 84 valence electrons. The van der Waals surface area contributed by atoms with E-state index in [2.05, 4.69) is 0 Å². The van der Waals surface area contributed by atoms with Gasteiger partial charge in [-0.2, -0.15) is 11.3 Å². The highest BCUT2D eigenvalue weighted by molar-refractivity contribution is 7.07.